The van der Waals surface area contributed by atoms with Crippen LogP contribution in [0.15, 0.2) is 29.1 Å². The second-order valence-corrected chi connectivity index (χ2v) is 6.78. The van der Waals surface area contributed by atoms with Crippen LogP contribution in [0.3, 0.4) is 0 Å². The molecule has 6 nitrogen and oxygen atoms in total. The fourth-order valence-corrected chi connectivity index (χ4v) is 3.32. The average molecular weight is 418 g/mol. The number of H-pyrrole nitrogens is 1. The van der Waals surface area contributed by atoms with E-state index in [0.29, 0.717) is 18.4 Å². The summed E-state index contributed by atoms with van der Waals surface area (Å²) >= 11 is 0. The van der Waals surface area contributed by atoms with Gasteiger partial charge in [0.15, 0.2) is 11.3 Å². The van der Waals surface area contributed by atoms with Gasteiger partial charge in [-0.1, -0.05) is 12.1 Å². The predicted octanol–water partition coefficient (Wildman–Crippen LogP) is 3.86. The number of aromatic amines is 1. The Morgan fingerprint density at radius 2 is 1.69 bits per heavy atom. The molecule has 0 aliphatic heterocycles. The van der Waals surface area contributed by atoms with E-state index in [1.165, 1.54) is 12.1 Å². The molecule has 1 saturated carbocycles. The third kappa shape index (κ3) is 3.42. The van der Waals surface area contributed by atoms with E-state index in [2.05, 4.69) is 10.1 Å². The van der Waals surface area contributed by atoms with Crippen molar-refractivity contribution in [2.45, 2.75) is 31.2 Å². The third-order valence-corrected chi connectivity index (χ3v) is 4.73. The summed E-state index contributed by atoms with van der Waals surface area (Å²) in [5.74, 6) is -0.195. The molecule has 1 aliphatic carbocycles. The zero-order valence-electron chi connectivity index (χ0n) is 14.3. The van der Waals surface area contributed by atoms with E-state index in [-0.39, 0.29) is 5.92 Å². The van der Waals surface area contributed by atoms with Gasteiger partial charge in [-0.3, -0.25) is 9.78 Å². The molecule has 1 atom stereocenters. The molecule has 0 saturated heterocycles. The summed E-state index contributed by atoms with van der Waals surface area (Å²) in [4.78, 5) is 17.4. The van der Waals surface area contributed by atoms with Crippen LogP contribution in [-0.2, 0) is 12.4 Å². The number of aromatic nitrogens is 4. The molecule has 1 fully saturated rings. The van der Waals surface area contributed by atoms with E-state index in [0.717, 1.165) is 16.8 Å². The Balaban J connectivity index is 1.92. The van der Waals surface area contributed by atoms with Gasteiger partial charge in [0, 0.05) is 0 Å². The summed E-state index contributed by atoms with van der Waals surface area (Å²) in [6.07, 6.45) is -8.30. The normalized spacial score (nSPS) is 16.3. The molecule has 0 amide bonds. The lowest BCUT2D eigenvalue weighted by Gasteiger charge is -2.19. The number of hydrogen-bond acceptors (Lipinski definition) is 4. The fraction of sp³-hybridized carbons (Fsp3) is 0.353. The largest absolute Gasteiger partial charge is 0.480 e. The van der Waals surface area contributed by atoms with E-state index in [9.17, 15) is 36.2 Å². The molecule has 29 heavy (non-hydrogen) atoms. The molecule has 0 bridgehead atoms. The Bertz CT molecular complexity index is 1130. The van der Waals surface area contributed by atoms with Crippen molar-refractivity contribution in [3.05, 3.63) is 51.4 Å². The van der Waals surface area contributed by atoms with Crippen LogP contribution >= 0.6 is 0 Å². The van der Waals surface area contributed by atoms with Crippen molar-refractivity contribution in [3.63, 3.8) is 0 Å². The van der Waals surface area contributed by atoms with Crippen molar-refractivity contribution in [2.24, 2.45) is 5.92 Å². The first-order valence-electron chi connectivity index (χ1n) is 8.42. The molecule has 3 aromatic rings. The number of alkyl halides is 6. The Kier molecular flexibility index (Phi) is 4.14. The predicted molar refractivity (Wildman–Crippen MR) is 87.1 cm³/mol. The molecule has 1 unspecified atom stereocenters. The highest BCUT2D eigenvalue weighted by atomic mass is 19.4. The number of aromatic hydroxyl groups is 1. The van der Waals surface area contributed by atoms with Gasteiger partial charge in [-0.05, 0) is 36.5 Å². The topological polar surface area (TPSA) is 83.8 Å². The summed E-state index contributed by atoms with van der Waals surface area (Å²) < 4.78 is 79.7. The average Bonchev–Trinajstić information content (AvgIpc) is 3.35. The van der Waals surface area contributed by atoms with Gasteiger partial charge in [-0.2, -0.15) is 36.4 Å². The summed E-state index contributed by atoms with van der Waals surface area (Å²) in [5, 5.41) is 12.3. The maximum Gasteiger partial charge on any atom is 0.436 e. The number of nitrogens with zero attached hydrogens (tertiary/aromatic N) is 3. The van der Waals surface area contributed by atoms with Crippen LogP contribution in [0, 0.1) is 5.92 Å². The molecule has 1 aliphatic rings. The van der Waals surface area contributed by atoms with Gasteiger partial charge in [0.05, 0.1) is 11.6 Å². The fourth-order valence-electron chi connectivity index (χ4n) is 3.32. The summed E-state index contributed by atoms with van der Waals surface area (Å²) in [5.41, 5.74) is -3.79. The Morgan fingerprint density at radius 3 is 2.21 bits per heavy atom. The molecule has 2 N–H and O–H groups in total. The van der Waals surface area contributed by atoms with Crippen molar-refractivity contribution >= 4 is 11.0 Å². The van der Waals surface area contributed by atoms with Gasteiger partial charge >= 0.3 is 12.4 Å². The quantitative estimate of drug-likeness (QED) is 0.633. The second-order valence-electron chi connectivity index (χ2n) is 6.78. The number of benzene rings is 1. The van der Waals surface area contributed by atoms with Crippen molar-refractivity contribution in [2.75, 3.05) is 0 Å². The van der Waals surface area contributed by atoms with Crippen molar-refractivity contribution < 1.29 is 31.4 Å². The van der Waals surface area contributed by atoms with E-state index < -0.39 is 52.3 Å². The molecule has 0 radical (unpaired) electrons. The zero-order valence-corrected chi connectivity index (χ0v) is 14.3. The number of hydrogen-bond donors (Lipinski definition) is 2. The number of rotatable bonds is 3. The van der Waals surface area contributed by atoms with E-state index in [4.69, 9.17) is 0 Å². The molecule has 1 aromatic carbocycles. The maximum absolute atomic E-state index is 13.4. The Labute approximate surface area is 157 Å². The van der Waals surface area contributed by atoms with Crippen LogP contribution in [0.4, 0.5) is 26.3 Å². The molecular formula is C17H12F6N4O2. The van der Waals surface area contributed by atoms with Gasteiger partial charge in [-0.25, -0.2) is 4.68 Å². The monoisotopic (exact) mass is 418 g/mol. The van der Waals surface area contributed by atoms with Gasteiger partial charge in [0.1, 0.15) is 5.39 Å². The first-order valence-corrected chi connectivity index (χ1v) is 8.42. The molecule has 2 aromatic heterocycles. The van der Waals surface area contributed by atoms with Crippen LogP contribution in [0.2, 0.25) is 0 Å². The molecule has 4 rings (SSSR count). The zero-order chi connectivity index (χ0) is 21.1. The first kappa shape index (κ1) is 19.3. The highest BCUT2D eigenvalue weighted by Crippen LogP contribution is 2.45. The Morgan fingerprint density at radius 1 is 1.07 bits per heavy atom. The highest BCUT2D eigenvalue weighted by Gasteiger charge is 2.42. The lowest BCUT2D eigenvalue weighted by atomic mass is 10.0. The van der Waals surface area contributed by atoms with E-state index >= 15 is 0 Å². The summed E-state index contributed by atoms with van der Waals surface area (Å²) in [7, 11) is 0. The Hall–Kier alpha value is -3.05. The van der Waals surface area contributed by atoms with Crippen LogP contribution < -0.4 is 5.56 Å². The number of fused-ring (bicyclic) bond motifs is 1. The number of nitrogens with one attached hydrogen (secondary N) is 1. The molecule has 12 heteroatoms. The summed E-state index contributed by atoms with van der Waals surface area (Å²) in [6, 6.07) is 2.24. The van der Waals surface area contributed by atoms with Crippen LogP contribution in [0.25, 0.3) is 11.0 Å². The molecular weight excluding hydrogens is 406 g/mol. The van der Waals surface area contributed by atoms with Crippen molar-refractivity contribution in [1.29, 1.82) is 0 Å². The van der Waals surface area contributed by atoms with Gasteiger partial charge < -0.3 is 5.11 Å². The molecule has 0 spiro atoms. The second kappa shape index (κ2) is 6.22. The van der Waals surface area contributed by atoms with Gasteiger partial charge in [0.2, 0.25) is 0 Å². The SMILES string of the molecule is O=c1[nH]c(O)nc2c1c(C(F)(F)F)nn2C(c1ccc(C(F)(F)F)cc1)C1CC1. The minimum absolute atomic E-state index is 0.195. The standard InChI is InChI=1S/C17H12F6N4O2/c18-16(19,20)9-5-3-8(4-6-9)11(7-1-2-7)27-13-10(12(26-27)17(21,22)23)14(28)25-15(29)24-13/h3-7,11H,1-2H2,(H2,24,25,28,29). The lowest BCUT2D eigenvalue weighted by molar-refractivity contribution is -0.140. The van der Waals surface area contributed by atoms with Crippen molar-refractivity contribution in [1.82, 2.24) is 19.7 Å². The van der Waals surface area contributed by atoms with E-state index in [1.54, 1.807) is 4.98 Å². The van der Waals surface area contributed by atoms with Crippen LogP contribution in [0.5, 0.6) is 6.01 Å². The van der Waals surface area contributed by atoms with Gasteiger partial charge in [0.25, 0.3) is 11.6 Å². The van der Waals surface area contributed by atoms with Gasteiger partial charge in [-0.15, -0.1) is 0 Å². The highest BCUT2D eigenvalue weighted by molar-refractivity contribution is 5.78. The minimum Gasteiger partial charge on any atom is -0.480 e. The first-order chi connectivity index (χ1) is 13.5. The molecule has 154 valence electrons. The minimum atomic E-state index is -4.97. The number of halogens is 6. The van der Waals surface area contributed by atoms with E-state index in [1.807, 2.05) is 0 Å². The third-order valence-electron chi connectivity index (χ3n) is 4.73. The van der Waals surface area contributed by atoms with Crippen LogP contribution in [0.1, 0.15) is 35.7 Å². The van der Waals surface area contributed by atoms with Crippen LogP contribution in [-0.4, -0.2) is 24.9 Å². The lowest BCUT2D eigenvalue weighted by Crippen LogP contribution is -2.17. The smallest absolute Gasteiger partial charge is 0.436 e. The maximum atomic E-state index is 13.4. The summed E-state index contributed by atoms with van der Waals surface area (Å²) in [6.45, 7) is 0. The molecule has 2 heterocycles. The van der Waals surface area contributed by atoms with Crippen molar-refractivity contribution in [3.8, 4) is 6.01 Å².